The molecule has 0 fully saturated rings. The van der Waals surface area contributed by atoms with Gasteiger partial charge in [0, 0.05) is 29.2 Å². The topological polar surface area (TPSA) is 56.1 Å². The van der Waals surface area contributed by atoms with Crippen LogP contribution in [0.25, 0.3) is 5.69 Å². The fraction of sp³-hybridized carbons (Fsp3) is 0.120. The van der Waals surface area contributed by atoms with Crippen molar-refractivity contribution < 1.29 is 9.53 Å². The van der Waals surface area contributed by atoms with E-state index in [0.717, 1.165) is 22.6 Å². The SMILES string of the molecule is CC(NC(=O)c1ccccc1COc1ccccc1)c1ccc(-n2ccnc2)cc1. The lowest BCUT2D eigenvalue weighted by Gasteiger charge is -2.17. The first kappa shape index (κ1) is 19.5. The molecule has 5 nitrogen and oxygen atoms in total. The maximum atomic E-state index is 12.9. The fourth-order valence-corrected chi connectivity index (χ4v) is 3.25. The minimum Gasteiger partial charge on any atom is -0.489 e. The van der Waals surface area contributed by atoms with Gasteiger partial charge in [0.2, 0.25) is 0 Å². The average Bonchev–Trinajstić information content (AvgIpc) is 3.34. The molecule has 0 aliphatic heterocycles. The van der Waals surface area contributed by atoms with Crippen molar-refractivity contribution in [3.8, 4) is 11.4 Å². The lowest BCUT2D eigenvalue weighted by atomic mass is 10.0. The van der Waals surface area contributed by atoms with E-state index in [9.17, 15) is 4.79 Å². The number of hydrogen-bond donors (Lipinski definition) is 1. The fourth-order valence-electron chi connectivity index (χ4n) is 3.25. The summed E-state index contributed by atoms with van der Waals surface area (Å²) in [5.41, 5.74) is 3.53. The number of amides is 1. The van der Waals surface area contributed by atoms with E-state index >= 15 is 0 Å². The van der Waals surface area contributed by atoms with Crippen molar-refractivity contribution in [2.24, 2.45) is 0 Å². The third-order valence-electron chi connectivity index (χ3n) is 4.94. The van der Waals surface area contributed by atoms with Crippen LogP contribution in [0.5, 0.6) is 5.75 Å². The zero-order valence-electron chi connectivity index (χ0n) is 16.7. The number of rotatable bonds is 7. The van der Waals surface area contributed by atoms with E-state index in [1.807, 2.05) is 96.6 Å². The lowest BCUT2D eigenvalue weighted by molar-refractivity contribution is 0.0937. The molecule has 150 valence electrons. The van der Waals surface area contributed by atoms with E-state index in [1.165, 1.54) is 0 Å². The van der Waals surface area contributed by atoms with Crippen LogP contribution < -0.4 is 10.1 Å². The number of nitrogens with one attached hydrogen (secondary N) is 1. The van der Waals surface area contributed by atoms with Crippen LogP contribution >= 0.6 is 0 Å². The Balaban J connectivity index is 1.43. The van der Waals surface area contributed by atoms with Crippen molar-refractivity contribution in [2.75, 3.05) is 0 Å². The van der Waals surface area contributed by atoms with E-state index < -0.39 is 0 Å². The predicted octanol–water partition coefficient (Wildman–Crippen LogP) is 4.94. The number of benzene rings is 3. The summed E-state index contributed by atoms with van der Waals surface area (Å²) in [5, 5.41) is 3.09. The van der Waals surface area contributed by atoms with Crippen LogP contribution in [0, 0.1) is 0 Å². The number of ether oxygens (including phenoxy) is 1. The standard InChI is InChI=1S/C25H23N3O2/c1-19(20-11-13-22(14-12-20)28-16-15-26-18-28)27-25(29)24-10-6-5-7-21(24)17-30-23-8-3-2-4-9-23/h2-16,18-19H,17H2,1H3,(H,27,29). The van der Waals surface area contributed by atoms with Gasteiger partial charge >= 0.3 is 0 Å². The maximum absolute atomic E-state index is 12.9. The molecule has 0 spiro atoms. The number of carbonyl (C=O) groups excluding carboxylic acids is 1. The molecule has 1 amide bonds. The summed E-state index contributed by atoms with van der Waals surface area (Å²) >= 11 is 0. The molecule has 0 aliphatic rings. The Morgan fingerprint density at radius 3 is 2.47 bits per heavy atom. The highest BCUT2D eigenvalue weighted by Gasteiger charge is 2.15. The molecule has 0 radical (unpaired) electrons. The van der Waals surface area contributed by atoms with Gasteiger partial charge < -0.3 is 14.6 Å². The van der Waals surface area contributed by atoms with Gasteiger partial charge in [-0.2, -0.15) is 0 Å². The molecule has 1 unspecified atom stereocenters. The Kier molecular flexibility index (Phi) is 5.90. The molecule has 0 saturated carbocycles. The van der Waals surface area contributed by atoms with Crippen LogP contribution in [0.1, 0.15) is 34.5 Å². The highest BCUT2D eigenvalue weighted by atomic mass is 16.5. The molecule has 1 N–H and O–H groups in total. The Morgan fingerprint density at radius 2 is 1.73 bits per heavy atom. The molecule has 0 aliphatic carbocycles. The number of imidazole rings is 1. The van der Waals surface area contributed by atoms with Gasteiger partial charge in [-0.1, -0.05) is 48.5 Å². The Labute approximate surface area is 176 Å². The zero-order valence-corrected chi connectivity index (χ0v) is 16.7. The number of carbonyl (C=O) groups is 1. The van der Waals surface area contributed by atoms with Gasteiger partial charge in [-0.15, -0.1) is 0 Å². The molecule has 4 aromatic rings. The first-order chi connectivity index (χ1) is 14.7. The van der Waals surface area contributed by atoms with Crippen LogP contribution in [0.15, 0.2) is 97.6 Å². The zero-order chi connectivity index (χ0) is 20.8. The summed E-state index contributed by atoms with van der Waals surface area (Å²) in [7, 11) is 0. The van der Waals surface area contributed by atoms with Gasteiger partial charge in [0.05, 0.1) is 12.4 Å². The second-order valence-corrected chi connectivity index (χ2v) is 7.02. The second kappa shape index (κ2) is 9.09. The van der Waals surface area contributed by atoms with Gasteiger partial charge in [0.1, 0.15) is 12.4 Å². The number of hydrogen-bond acceptors (Lipinski definition) is 3. The quantitative estimate of drug-likeness (QED) is 0.480. The van der Waals surface area contributed by atoms with E-state index in [0.29, 0.717) is 12.2 Å². The second-order valence-electron chi connectivity index (χ2n) is 7.02. The van der Waals surface area contributed by atoms with Gasteiger partial charge in [0.25, 0.3) is 5.91 Å². The summed E-state index contributed by atoms with van der Waals surface area (Å²) < 4.78 is 7.77. The van der Waals surface area contributed by atoms with Crippen LogP contribution in [-0.2, 0) is 6.61 Å². The van der Waals surface area contributed by atoms with E-state index in [2.05, 4.69) is 10.3 Å². The molecule has 4 rings (SSSR count). The summed E-state index contributed by atoms with van der Waals surface area (Å²) in [6, 6.07) is 25.1. The number of nitrogens with zero attached hydrogens (tertiary/aromatic N) is 2. The van der Waals surface area contributed by atoms with E-state index in [4.69, 9.17) is 4.74 Å². The average molecular weight is 397 g/mol. The van der Waals surface area contributed by atoms with Crippen LogP contribution in [0.2, 0.25) is 0 Å². The minimum atomic E-state index is -0.127. The first-order valence-electron chi connectivity index (χ1n) is 9.85. The molecule has 0 bridgehead atoms. The summed E-state index contributed by atoms with van der Waals surface area (Å²) in [5.74, 6) is 0.660. The lowest BCUT2D eigenvalue weighted by Crippen LogP contribution is -2.27. The Bertz CT molecular complexity index is 1090. The predicted molar refractivity (Wildman–Crippen MR) is 117 cm³/mol. The van der Waals surface area contributed by atoms with Crippen LogP contribution in [0.4, 0.5) is 0 Å². The van der Waals surface area contributed by atoms with Crippen LogP contribution in [-0.4, -0.2) is 15.5 Å². The van der Waals surface area contributed by atoms with Gasteiger partial charge in [0.15, 0.2) is 0 Å². The Morgan fingerprint density at radius 1 is 1.00 bits per heavy atom. The highest BCUT2D eigenvalue weighted by Crippen LogP contribution is 2.18. The summed E-state index contributed by atoms with van der Waals surface area (Å²) in [6.45, 7) is 2.31. The third-order valence-corrected chi connectivity index (χ3v) is 4.94. The molecule has 0 saturated heterocycles. The van der Waals surface area contributed by atoms with Crippen molar-refractivity contribution in [1.82, 2.24) is 14.9 Å². The van der Waals surface area contributed by atoms with Crippen molar-refractivity contribution in [3.63, 3.8) is 0 Å². The van der Waals surface area contributed by atoms with E-state index in [-0.39, 0.29) is 11.9 Å². The molecule has 1 atom stereocenters. The van der Waals surface area contributed by atoms with Gasteiger partial charge in [-0.25, -0.2) is 4.98 Å². The molecule has 1 heterocycles. The van der Waals surface area contributed by atoms with E-state index in [1.54, 1.807) is 12.5 Å². The normalized spacial score (nSPS) is 11.6. The molecular formula is C25H23N3O2. The molecule has 5 heteroatoms. The first-order valence-corrected chi connectivity index (χ1v) is 9.85. The van der Waals surface area contributed by atoms with Gasteiger partial charge in [-0.05, 0) is 42.8 Å². The summed E-state index contributed by atoms with van der Waals surface area (Å²) in [6.07, 6.45) is 5.40. The van der Waals surface area contributed by atoms with Gasteiger partial charge in [-0.3, -0.25) is 4.79 Å². The molecule has 3 aromatic carbocycles. The van der Waals surface area contributed by atoms with Crippen molar-refractivity contribution in [1.29, 1.82) is 0 Å². The van der Waals surface area contributed by atoms with Crippen LogP contribution in [0.3, 0.4) is 0 Å². The van der Waals surface area contributed by atoms with Crippen molar-refractivity contribution >= 4 is 5.91 Å². The highest BCUT2D eigenvalue weighted by molar-refractivity contribution is 5.95. The molecular weight excluding hydrogens is 374 g/mol. The smallest absolute Gasteiger partial charge is 0.252 e. The monoisotopic (exact) mass is 397 g/mol. The number of aromatic nitrogens is 2. The molecule has 30 heavy (non-hydrogen) atoms. The minimum absolute atomic E-state index is 0.117. The number of para-hydroxylation sites is 1. The third kappa shape index (κ3) is 4.58. The van der Waals surface area contributed by atoms with Crippen molar-refractivity contribution in [3.05, 3.63) is 114 Å². The maximum Gasteiger partial charge on any atom is 0.252 e. The van der Waals surface area contributed by atoms with Crippen molar-refractivity contribution in [2.45, 2.75) is 19.6 Å². The largest absolute Gasteiger partial charge is 0.489 e. The Hall–Kier alpha value is -3.86. The molecule has 1 aromatic heterocycles. The summed E-state index contributed by atoms with van der Waals surface area (Å²) in [4.78, 5) is 17.0.